The highest BCUT2D eigenvalue weighted by Gasteiger charge is 2.11. The number of rotatable bonds is 8. The lowest BCUT2D eigenvalue weighted by molar-refractivity contribution is 0.0932. The zero-order chi connectivity index (χ0) is 14.1. The van der Waals surface area contributed by atoms with Crippen molar-refractivity contribution in [3.63, 3.8) is 0 Å². The lowest BCUT2D eigenvalue weighted by Crippen LogP contribution is -2.33. The van der Waals surface area contributed by atoms with Gasteiger partial charge in [0, 0.05) is 13.1 Å². The maximum absolute atomic E-state index is 11.9. The first kappa shape index (κ1) is 15.4. The summed E-state index contributed by atoms with van der Waals surface area (Å²) in [6.07, 6.45) is 8.93. The fourth-order valence-electron chi connectivity index (χ4n) is 1.82. The van der Waals surface area contributed by atoms with Crippen LogP contribution in [-0.4, -0.2) is 29.0 Å². The Balaban J connectivity index is 2.36. The summed E-state index contributed by atoms with van der Waals surface area (Å²) in [4.78, 5) is 20.1. The molecule has 0 radical (unpaired) electrons. The summed E-state index contributed by atoms with van der Waals surface area (Å²) < 4.78 is 0. The molecule has 0 fully saturated rings. The van der Waals surface area contributed by atoms with Crippen molar-refractivity contribution in [3.05, 3.63) is 18.1 Å². The van der Waals surface area contributed by atoms with Crippen molar-refractivity contribution in [2.45, 2.75) is 52.0 Å². The van der Waals surface area contributed by atoms with Gasteiger partial charge in [-0.1, -0.05) is 32.6 Å². The van der Waals surface area contributed by atoms with Crippen molar-refractivity contribution in [2.24, 2.45) is 0 Å². The highest BCUT2D eigenvalue weighted by molar-refractivity contribution is 5.92. The number of aromatic nitrogens is 2. The van der Waals surface area contributed by atoms with Crippen LogP contribution >= 0.6 is 0 Å². The van der Waals surface area contributed by atoms with Crippen LogP contribution in [0.15, 0.2) is 12.4 Å². The first-order chi connectivity index (χ1) is 9.17. The summed E-state index contributed by atoms with van der Waals surface area (Å²) in [5.74, 6) is 0.502. The highest BCUT2D eigenvalue weighted by atomic mass is 16.1. The SMILES string of the molecule is CCCCCCC(C)NC(=O)c1cnc(NC)cn1. The van der Waals surface area contributed by atoms with E-state index in [4.69, 9.17) is 0 Å². The summed E-state index contributed by atoms with van der Waals surface area (Å²) in [7, 11) is 1.77. The Bertz CT molecular complexity index is 378. The molecule has 5 nitrogen and oxygen atoms in total. The smallest absolute Gasteiger partial charge is 0.271 e. The third-order valence-electron chi connectivity index (χ3n) is 3.01. The van der Waals surface area contributed by atoms with E-state index in [1.165, 1.54) is 25.5 Å². The van der Waals surface area contributed by atoms with Crippen molar-refractivity contribution < 1.29 is 4.79 Å². The van der Waals surface area contributed by atoms with E-state index in [-0.39, 0.29) is 11.9 Å². The summed E-state index contributed by atoms with van der Waals surface area (Å²) in [6, 6.07) is 0.176. The predicted molar refractivity (Wildman–Crippen MR) is 77.3 cm³/mol. The fourth-order valence-corrected chi connectivity index (χ4v) is 1.82. The minimum atomic E-state index is -0.154. The van der Waals surface area contributed by atoms with E-state index < -0.39 is 0 Å². The van der Waals surface area contributed by atoms with Crippen LogP contribution in [0.25, 0.3) is 0 Å². The number of anilines is 1. The summed E-state index contributed by atoms with van der Waals surface area (Å²) in [5.41, 5.74) is 0.361. The average molecular weight is 264 g/mol. The largest absolute Gasteiger partial charge is 0.372 e. The molecule has 0 aliphatic rings. The molecule has 5 heteroatoms. The van der Waals surface area contributed by atoms with E-state index in [0.29, 0.717) is 11.5 Å². The Hall–Kier alpha value is -1.65. The van der Waals surface area contributed by atoms with Crippen molar-refractivity contribution in [3.8, 4) is 0 Å². The molecule has 1 rings (SSSR count). The molecule has 1 unspecified atom stereocenters. The van der Waals surface area contributed by atoms with Gasteiger partial charge in [-0.25, -0.2) is 9.97 Å². The number of unbranched alkanes of at least 4 members (excludes halogenated alkanes) is 3. The number of carbonyl (C=O) groups excluding carboxylic acids is 1. The Morgan fingerprint density at radius 3 is 2.63 bits per heavy atom. The van der Waals surface area contributed by atoms with Crippen LogP contribution in [0.4, 0.5) is 5.82 Å². The van der Waals surface area contributed by atoms with Crippen molar-refractivity contribution in [2.75, 3.05) is 12.4 Å². The van der Waals surface area contributed by atoms with Crippen molar-refractivity contribution in [1.82, 2.24) is 15.3 Å². The first-order valence-corrected chi connectivity index (χ1v) is 6.98. The number of hydrogen-bond acceptors (Lipinski definition) is 4. The highest BCUT2D eigenvalue weighted by Crippen LogP contribution is 2.06. The molecular formula is C14H24N4O. The molecule has 19 heavy (non-hydrogen) atoms. The van der Waals surface area contributed by atoms with Gasteiger partial charge in [-0.05, 0) is 13.3 Å². The van der Waals surface area contributed by atoms with E-state index >= 15 is 0 Å². The molecule has 0 aliphatic heterocycles. The van der Waals surface area contributed by atoms with E-state index in [2.05, 4.69) is 27.5 Å². The summed E-state index contributed by atoms with van der Waals surface area (Å²) >= 11 is 0. The Morgan fingerprint density at radius 2 is 2.05 bits per heavy atom. The molecule has 0 aliphatic carbocycles. The van der Waals surface area contributed by atoms with Crippen molar-refractivity contribution in [1.29, 1.82) is 0 Å². The number of nitrogens with zero attached hydrogens (tertiary/aromatic N) is 2. The minimum absolute atomic E-state index is 0.154. The van der Waals surface area contributed by atoms with Gasteiger partial charge in [0.1, 0.15) is 11.5 Å². The second kappa shape index (κ2) is 8.45. The topological polar surface area (TPSA) is 66.9 Å². The summed E-state index contributed by atoms with van der Waals surface area (Å²) in [5, 5.41) is 5.82. The van der Waals surface area contributed by atoms with Crippen LogP contribution in [0.2, 0.25) is 0 Å². The molecule has 1 heterocycles. The van der Waals surface area contributed by atoms with Crippen LogP contribution in [0.3, 0.4) is 0 Å². The molecule has 0 spiro atoms. The maximum atomic E-state index is 11.9. The van der Waals surface area contributed by atoms with E-state index in [1.54, 1.807) is 13.2 Å². The second-order valence-corrected chi connectivity index (χ2v) is 4.76. The molecule has 1 amide bonds. The number of carbonyl (C=O) groups is 1. The molecule has 0 bridgehead atoms. The van der Waals surface area contributed by atoms with Gasteiger partial charge in [-0.2, -0.15) is 0 Å². The standard InChI is InChI=1S/C14H24N4O/c1-4-5-6-7-8-11(2)18-14(19)12-9-17-13(15-3)10-16-12/h9-11H,4-8H2,1-3H3,(H,15,17)(H,18,19). The monoisotopic (exact) mass is 264 g/mol. The third-order valence-corrected chi connectivity index (χ3v) is 3.01. The van der Waals surface area contributed by atoms with Gasteiger partial charge in [-0.15, -0.1) is 0 Å². The zero-order valence-electron chi connectivity index (χ0n) is 12.1. The number of nitrogens with one attached hydrogen (secondary N) is 2. The summed E-state index contributed by atoms with van der Waals surface area (Å²) in [6.45, 7) is 4.22. The zero-order valence-corrected chi connectivity index (χ0v) is 12.1. The number of hydrogen-bond donors (Lipinski definition) is 2. The van der Waals surface area contributed by atoms with E-state index in [0.717, 1.165) is 12.8 Å². The van der Waals surface area contributed by atoms with Crippen LogP contribution in [0, 0.1) is 0 Å². The van der Waals surface area contributed by atoms with Crippen LogP contribution in [0.5, 0.6) is 0 Å². The molecule has 2 N–H and O–H groups in total. The van der Waals surface area contributed by atoms with Gasteiger partial charge in [0.25, 0.3) is 5.91 Å². The molecule has 1 aromatic heterocycles. The fraction of sp³-hybridized carbons (Fsp3) is 0.643. The van der Waals surface area contributed by atoms with Gasteiger partial charge in [0.15, 0.2) is 0 Å². The van der Waals surface area contributed by atoms with Crippen molar-refractivity contribution >= 4 is 11.7 Å². The first-order valence-electron chi connectivity index (χ1n) is 6.98. The molecule has 0 aromatic carbocycles. The average Bonchev–Trinajstić information content (AvgIpc) is 2.43. The molecule has 0 saturated carbocycles. The van der Waals surface area contributed by atoms with Gasteiger partial charge < -0.3 is 10.6 Å². The third kappa shape index (κ3) is 5.68. The van der Waals surface area contributed by atoms with Crippen LogP contribution < -0.4 is 10.6 Å². The predicted octanol–water partition coefficient (Wildman–Crippen LogP) is 2.61. The van der Waals surface area contributed by atoms with Gasteiger partial charge >= 0.3 is 0 Å². The quantitative estimate of drug-likeness (QED) is 0.708. The normalized spacial score (nSPS) is 11.9. The van der Waals surface area contributed by atoms with Gasteiger partial charge in [0.05, 0.1) is 12.4 Å². The lowest BCUT2D eigenvalue weighted by atomic mass is 10.1. The van der Waals surface area contributed by atoms with Crippen LogP contribution in [0.1, 0.15) is 56.4 Å². The van der Waals surface area contributed by atoms with E-state index in [1.807, 2.05) is 6.92 Å². The Labute approximate surface area is 115 Å². The molecule has 0 saturated heterocycles. The van der Waals surface area contributed by atoms with Crippen LogP contribution in [-0.2, 0) is 0 Å². The van der Waals surface area contributed by atoms with Gasteiger partial charge in [-0.3, -0.25) is 4.79 Å². The molecule has 106 valence electrons. The second-order valence-electron chi connectivity index (χ2n) is 4.76. The Kier molecular flexibility index (Phi) is 6.85. The lowest BCUT2D eigenvalue weighted by Gasteiger charge is -2.13. The van der Waals surface area contributed by atoms with Gasteiger partial charge in [0.2, 0.25) is 0 Å². The minimum Gasteiger partial charge on any atom is -0.372 e. The molecule has 1 aromatic rings. The number of amides is 1. The maximum Gasteiger partial charge on any atom is 0.271 e. The molecular weight excluding hydrogens is 240 g/mol. The molecule has 1 atom stereocenters. The van der Waals surface area contributed by atoms with E-state index in [9.17, 15) is 4.79 Å². The Morgan fingerprint density at radius 1 is 1.26 bits per heavy atom.